The summed E-state index contributed by atoms with van der Waals surface area (Å²) >= 11 is 1.89. The molecule has 136 valence electrons. The van der Waals surface area contributed by atoms with E-state index in [1.165, 1.54) is 34.8 Å². The number of hydrogen-bond donors (Lipinski definition) is 1. The molecular formula is C18H30ClN3OS. The maximum atomic E-state index is 12.8. The van der Waals surface area contributed by atoms with E-state index in [1.54, 1.807) is 0 Å². The van der Waals surface area contributed by atoms with Crippen LogP contribution in [-0.4, -0.2) is 34.4 Å². The monoisotopic (exact) mass is 371 g/mol. The number of amides is 1. The van der Waals surface area contributed by atoms with Crippen LogP contribution in [0.4, 0.5) is 0 Å². The van der Waals surface area contributed by atoms with Crippen LogP contribution in [0.5, 0.6) is 0 Å². The van der Waals surface area contributed by atoms with E-state index in [2.05, 4.69) is 6.92 Å². The molecule has 6 heteroatoms. The fourth-order valence-electron chi connectivity index (χ4n) is 3.90. The average Bonchev–Trinajstić information content (AvgIpc) is 2.98. The Labute approximate surface area is 155 Å². The molecule has 0 spiro atoms. The molecule has 2 unspecified atom stereocenters. The summed E-state index contributed by atoms with van der Waals surface area (Å²) < 4.78 is 0. The summed E-state index contributed by atoms with van der Waals surface area (Å²) in [7, 11) is 0. The lowest BCUT2D eigenvalue weighted by Gasteiger charge is -2.37. The number of rotatable bonds is 4. The topological polar surface area (TPSA) is 59.2 Å². The van der Waals surface area contributed by atoms with Crippen LogP contribution in [0.15, 0.2) is 0 Å². The third kappa shape index (κ3) is 4.12. The zero-order chi connectivity index (χ0) is 16.4. The minimum Gasteiger partial charge on any atom is -0.340 e. The van der Waals surface area contributed by atoms with E-state index in [1.807, 2.05) is 23.2 Å². The van der Waals surface area contributed by atoms with Crippen molar-refractivity contribution in [1.82, 2.24) is 9.88 Å². The van der Waals surface area contributed by atoms with Crippen molar-refractivity contribution in [3.8, 4) is 0 Å². The summed E-state index contributed by atoms with van der Waals surface area (Å²) in [6.07, 6.45) is 8.79. The Balaban J connectivity index is 0.00000208. The Morgan fingerprint density at radius 2 is 2.12 bits per heavy atom. The standard InChI is InChI=1S/C18H29N3OS.ClH/c1-3-10-18(2,19)17(22)21-11-6-7-13(12-21)16-20-14-8-4-5-9-15(14)23-16;/h13H,3-12,19H2,1-2H3;1H. The zero-order valence-electron chi connectivity index (χ0n) is 14.8. The van der Waals surface area contributed by atoms with Gasteiger partial charge in [0.05, 0.1) is 16.2 Å². The Kier molecular flexibility index (Phi) is 6.68. The van der Waals surface area contributed by atoms with Crippen LogP contribution in [-0.2, 0) is 17.6 Å². The van der Waals surface area contributed by atoms with E-state index in [4.69, 9.17) is 10.7 Å². The molecule has 4 nitrogen and oxygen atoms in total. The highest BCUT2D eigenvalue weighted by molar-refractivity contribution is 7.11. The van der Waals surface area contributed by atoms with Gasteiger partial charge in [0.15, 0.2) is 0 Å². The molecule has 0 bridgehead atoms. The molecule has 0 saturated carbocycles. The van der Waals surface area contributed by atoms with Gasteiger partial charge in [0.25, 0.3) is 0 Å². The van der Waals surface area contributed by atoms with Crippen molar-refractivity contribution in [2.75, 3.05) is 13.1 Å². The van der Waals surface area contributed by atoms with Crippen molar-refractivity contribution < 1.29 is 4.79 Å². The van der Waals surface area contributed by atoms with Gasteiger partial charge in [-0.1, -0.05) is 13.3 Å². The van der Waals surface area contributed by atoms with Crippen LogP contribution in [0.25, 0.3) is 0 Å². The predicted octanol–water partition coefficient (Wildman–Crippen LogP) is 3.67. The maximum Gasteiger partial charge on any atom is 0.242 e. The molecule has 1 saturated heterocycles. The maximum absolute atomic E-state index is 12.8. The number of carbonyl (C=O) groups is 1. The normalized spacial score (nSPS) is 23.1. The number of piperidine rings is 1. The lowest BCUT2D eigenvalue weighted by atomic mass is 9.92. The van der Waals surface area contributed by atoms with Crippen molar-refractivity contribution in [3.05, 3.63) is 15.6 Å². The smallest absolute Gasteiger partial charge is 0.242 e. The molecule has 0 aromatic carbocycles. The quantitative estimate of drug-likeness (QED) is 0.878. The van der Waals surface area contributed by atoms with E-state index < -0.39 is 5.54 Å². The predicted molar refractivity (Wildman–Crippen MR) is 102 cm³/mol. The van der Waals surface area contributed by atoms with Crippen molar-refractivity contribution in [3.63, 3.8) is 0 Å². The van der Waals surface area contributed by atoms with Crippen molar-refractivity contribution in [2.24, 2.45) is 5.73 Å². The van der Waals surface area contributed by atoms with Gasteiger partial charge in [-0.25, -0.2) is 4.98 Å². The summed E-state index contributed by atoms with van der Waals surface area (Å²) in [6, 6.07) is 0. The first-order valence-corrected chi connectivity index (χ1v) is 9.89. The second-order valence-corrected chi connectivity index (χ2v) is 8.50. The zero-order valence-corrected chi connectivity index (χ0v) is 16.5. The van der Waals surface area contributed by atoms with Crippen molar-refractivity contribution in [2.45, 2.75) is 76.7 Å². The second kappa shape index (κ2) is 8.15. The van der Waals surface area contributed by atoms with Gasteiger partial charge < -0.3 is 10.6 Å². The molecule has 1 fully saturated rings. The molecule has 1 aromatic rings. The molecule has 1 amide bonds. The van der Waals surface area contributed by atoms with Crippen LogP contribution < -0.4 is 5.73 Å². The van der Waals surface area contributed by atoms with E-state index in [0.29, 0.717) is 5.92 Å². The first-order valence-electron chi connectivity index (χ1n) is 9.08. The molecule has 2 N–H and O–H groups in total. The van der Waals surface area contributed by atoms with Gasteiger partial charge in [0, 0.05) is 23.9 Å². The number of carbonyl (C=O) groups excluding carboxylic acids is 1. The molecule has 1 aliphatic carbocycles. The molecule has 0 radical (unpaired) electrons. The van der Waals surface area contributed by atoms with Crippen LogP contribution in [0, 0.1) is 0 Å². The third-order valence-electron chi connectivity index (χ3n) is 5.18. The first-order chi connectivity index (χ1) is 11.0. The second-order valence-electron chi connectivity index (χ2n) is 7.39. The molecule has 2 aliphatic rings. The van der Waals surface area contributed by atoms with Crippen LogP contribution in [0.2, 0.25) is 0 Å². The van der Waals surface area contributed by atoms with E-state index >= 15 is 0 Å². The minimum atomic E-state index is -0.723. The molecule has 2 atom stereocenters. The van der Waals surface area contributed by atoms with Gasteiger partial charge in [-0.3, -0.25) is 4.79 Å². The fraction of sp³-hybridized carbons (Fsp3) is 0.778. The number of fused-ring (bicyclic) bond motifs is 1. The van der Waals surface area contributed by atoms with Gasteiger partial charge in [0.2, 0.25) is 5.91 Å². The van der Waals surface area contributed by atoms with E-state index in [0.717, 1.165) is 45.2 Å². The lowest BCUT2D eigenvalue weighted by molar-refractivity contribution is -0.137. The summed E-state index contributed by atoms with van der Waals surface area (Å²) in [5.74, 6) is 0.520. The van der Waals surface area contributed by atoms with E-state index in [-0.39, 0.29) is 18.3 Å². The van der Waals surface area contributed by atoms with Gasteiger partial charge in [-0.15, -0.1) is 23.7 Å². The Hall–Kier alpha value is -0.650. The fourth-order valence-corrected chi connectivity index (χ4v) is 5.18. The highest BCUT2D eigenvalue weighted by Gasteiger charge is 2.35. The van der Waals surface area contributed by atoms with Gasteiger partial charge >= 0.3 is 0 Å². The molecule has 24 heavy (non-hydrogen) atoms. The molecular weight excluding hydrogens is 342 g/mol. The summed E-state index contributed by atoms with van der Waals surface area (Å²) in [5, 5.41) is 1.25. The number of aromatic nitrogens is 1. The lowest BCUT2D eigenvalue weighted by Crippen LogP contribution is -2.55. The van der Waals surface area contributed by atoms with Gasteiger partial charge in [-0.2, -0.15) is 0 Å². The molecule has 2 heterocycles. The van der Waals surface area contributed by atoms with Gasteiger partial charge in [-0.05, 0) is 51.9 Å². The average molecular weight is 372 g/mol. The molecule has 3 rings (SSSR count). The number of thiazole rings is 1. The van der Waals surface area contributed by atoms with Gasteiger partial charge in [0.1, 0.15) is 0 Å². The number of likely N-dealkylation sites (tertiary alicyclic amines) is 1. The highest BCUT2D eigenvalue weighted by Crippen LogP contribution is 2.35. The number of nitrogens with zero attached hydrogens (tertiary/aromatic N) is 2. The van der Waals surface area contributed by atoms with Crippen LogP contribution in [0.1, 0.15) is 73.9 Å². The van der Waals surface area contributed by atoms with E-state index in [9.17, 15) is 4.79 Å². The van der Waals surface area contributed by atoms with Crippen LogP contribution in [0.3, 0.4) is 0 Å². The highest BCUT2D eigenvalue weighted by atomic mass is 35.5. The molecule has 1 aromatic heterocycles. The number of nitrogens with two attached hydrogens (primary N) is 1. The summed E-state index contributed by atoms with van der Waals surface area (Å²) in [6.45, 7) is 5.60. The number of aryl methyl sites for hydroxylation is 2. The van der Waals surface area contributed by atoms with Crippen molar-refractivity contribution >= 4 is 29.7 Å². The summed E-state index contributed by atoms with van der Waals surface area (Å²) in [4.78, 5) is 21.2. The van der Waals surface area contributed by atoms with Crippen LogP contribution >= 0.6 is 23.7 Å². The van der Waals surface area contributed by atoms with Crippen molar-refractivity contribution in [1.29, 1.82) is 0 Å². The Bertz CT molecular complexity index is 549. The Morgan fingerprint density at radius 3 is 2.83 bits per heavy atom. The minimum absolute atomic E-state index is 0. The summed E-state index contributed by atoms with van der Waals surface area (Å²) in [5.41, 5.74) is 6.87. The third-order valence-corrected chi connectivity index (χ3v) is 6.50. The Morgan fingerprint density at radius 1 is 1.38 bits per heavy atom. The first kappa shape index (κ1) is 19.7. The number of halogens is 1. The SMILES string of the molecule is CCCC(C)(N)C(=O)N1CCCC(c2nc3c(s2)CCCC3)C1.Cl. The largest absolute Gasteiger partial charge is 0.340 e. The molecule has 1 aliphatic heterocycles. The number of hydrogen-bond acceptors (Lipinski definition) is 4.